The van der Waals surface area contributed by atoms with Crippen molar-refractivity contribution in [3.8, 4) is 11.3 Å². The molecule has 0 aliphatic carbocycles. The van der Waals surface area contributed by atoms with Gasteiger partial charge in [-0.05, 0) is 30.3 Å². The Balaban J connectivity index is 2.49. The lowest BCUT2D eigenvalue weighted by Crippen LogP contribution is -1.92. The molecule has 0 saturated carbocycles. The average Bonchev–Trinajstić information content (AvgIpc) is 2.30. The van der Waals surface area contributed by atoms with E-state index in [-0.39, 0.29) is 12.4 Å². The zero-order chi connectivity index (χ0) is 10.7. The predicted molar refractivity (Wildman–Crippen MR) is 55.6 cm³/mol. The number of hydrogen-bond donors (Lipinski definition) is 1. The zero-order valence-corrected chi connectivity index (χ0v) is 8.02. The van der Waals surface area contributed by atoms with Gasteiger partial charge in [0.25, 0.3) is 0 Å². The zero-order valence-electron chi connectivity index (χ0n) is 8.02. The van der Waals surface area contributed by atoms with E-state index in [9.17, 15) is 4.39 Å². The van der Waals surface area contributed by atoms with E-state index < -0.39 is 0 Å². The summed E-state index contributed by atoms with van der Waals surface area (Å²) < 4.78 is 12.7. The molecule has 1 heterocycles. The third-order valence-electron chi connectivity index (χ3n) is 2.18. The van der Waals surface area contributed by atoms with E-state index >= 15 is 0 Å². The maximum Gasteiger partial charge on any atom is 0.123 e. The molecule has 0 aliphatic rings. The van der Waals surface area contributed by atoms with Gasteiger partial charge in [-0.15, -0.1) is 0 Å². The quantitative estimate of drug-likeness (QED) is 0.812. The maximum atomic E-state index is 12.7. The van der Waals surface area contributed by atoms with Gasteiger partial charge in [0.2, 0.25) is 0 Å². The van der Waals surface area contributed by atoms with Crippen molar-refractivity contribution in [1.29, 1.82) is 0 Å². The lowest BCUT2D eigenvalue weighted by atomic mass is 10.1. The Labute approximate surface area is 87.0 Å². The number of aromatic nitrogens is 1. The van der Waals surface area contributed by atoms with Crippen molar-refractivity contribution in [2.24, 2.45) is 0 Å². The minimum absolute atomic E-state index is 0.0689. The third-order valence-corrected chi connectivity index (χ3v) is 2.18. The molecule has 0 aliphatic heterocycles. The summed E-state index contributed by atoms with van der Waals surface area (Å²) >= 11 is 0. The fourth-order valence-electron chi connectivity index (χ4n) is 1.43. The highest BCUT2D eigenvalue weighted by molar-refractivity contribution is 5.62. The van der Waals surface area contributed by atoms with Crippen molar-refractivity contribution < 1.29 is 9.50 Å². The van der Waals surface area contributed by atoms with Crippen molar-refractivity contribution >= 4 is 0 Å². The predicted octanol–water partition coefficient (Wildman–Crippen LogP) is 2.38. The first kappa shape index (κ1) is 9.80. The molecule has 0 bridgehead atoms. The molecule has 1 N–H and O–H groups in total. The second kappa shape index (κ2) is 4.19. The van der Waals surface area contributed by atoms with Gasteiger partial charge in [-0.3, -0.25) is 4.98 Å². The first-order valence-corrected chi connectivity index (χ1v) is 4.62. The van der Waals surface area contributed by atoms with Crippen molar-refractivity contribution in [1.82, 2.24) is 4.98 Å². The van der Waals surface area contributed by atoms with Crippen LogP contribution >= 0.6 is 0 Å². The summed E-state index contributed by atoms with van der Waals surface area (Å²) in [6.45, 7) is -0.0689. The van der Waals surface area contributed by atoms with Crippen LogP contribution in [0.3, 0.4) is 0 Å². The van der Waals surface area contributed by atoms with Crippen LogP contribution in [0.25, 0.3) is 11.3 Å². The first-order valence-electron chi connectivity index (χ1n) is 4.62. The van der Waals surface area contributed by atoms with Gasteiger partial charge >= 0.3 is 0 Å². The fraction of sp³-hybridized carbons (Fsp3) is 0.0833. The first-order chi connectivity index (χ1) is 7.31. The van der Waals surface area contributed by atoms with Crippen molar-refractivity contribution in [2.75, 3.05) is 0 Å². The second-order valence-electron chi connectivity index (χ2n) is 3.18. The summed E-state index contributed by atoms with van der Waals surface area (Å²) in [5.74, 6) is -0.278. The Bertz CT molecular complexity index is 453. The van der Waals surface area contributed by atoms with Gasteiger partial charge in [-0.25, -0.2) is 4.39 Å². The van der Waals surface area contributed by atoms with Gasteiger partial charge in [0.05, 0.1) is 12.3 Å². The number of aliphatic hydroxyl groups is 1. The summed E-state index contributed by atoms with van der Waals surface area (Å²) in [7, 11) is 0. The van der Waals surface area contributed by atoms with Crippen LogP contribution in [0, 0.1) is 5.82 Å². The Morgan fingerprint density at radius 2 is 1.87 bits per heavy atom. The van der Waals surface area contributed by atoms with Crippen LogP contribution in [-0.4, -0.2) is 10.1 Å². The smallest absolute Gasteiger partial charge is 0.123 e. The standard InChI is InChI=1S/C12H10FNO/c13-11-5-3-9(4-6-11)12-10(8-15)2-1-7-14-12/h1-7,15H,8H2. The molecule has 0 amide bonds. The number of nitrogens with zero attached hydrogens (tertiary/aromatic N) is 1. The number of hydrogen-bond acceptors (Lipinski definition) is 2. The van der Waals surface area contributed by atoms with Crippen LogP contribution in [0.1, 0.15) is 5.56 Å². The lowest BCUT2D eigenvalue weighted by molar-refractivity contribution is 0.282. The number of aliphatic hydroxyl groups excluding tert-OH is 1. The highest BCUT2D eigenvalue weighted by Gasteiger charge is 2.04. The SMILES string of the molecule is OCc1cccnc1-c1ccc(F)cc1. The van der Waals surface area contributed by atoms with Gasteiger partial charge in [-0.1, -0.05) is 6.07 Å². The Morgan fingerprint density at radius 1 is 1.13 bits per heavy atom. The Morgan fingerprint density at radius 3 is 2.53 bits per heavy atom. The Hall–Kier alpha value is -1.74. The molecule has 0 atom stereocenters. The van der Waals surface area contributed by atoms with Crippen LogP contribution in [0.5, 0.6) is 0 Å². The molecular formula is C12H10FNO. The number of pyridine rings is 1. The van der Waals surface area contributed by atoms with Gasteiger partial charge in [-0.2, -0.15) is 0 Å². The molecule has 0 fully saturated rings. The molecule has 3 heteroatoms. The van der Waals surface area contributed by atoms with E-state index in [1.165, 1.54) is 12.1 Å². The van der Waals surface area contributed by atoms with Crippen molar-refractivity contribution in [2.45, 2.75) is 6.61 Å². The summed E-state index contributed by atoms with van der Waals surface area (Å²) in [5.41, 5.74) is 2.24. The molecule has 2 nitrogen and oxygen atoms in total. The van der Waals surface area contributed by atoms with Gasteiger partial charge < -0.3 is 5.11 Å². The van der Waals surface area contributed by atoms with Crippen molar-refractivity contribution in [3.63, 3.8) is 0 Å². The van der Waals surface area contributed by atoms with Crippen LogP contribution in [0.15, 0.2) is 42.6 Å². The summed E-state index contributed by atoms with van der Waals surface area (Å²) in [4.78, 5) is 4.17. The fourth-order valence-corrected chi connectivity index (χ4v) is 1.43. The van der Waals surface area contributed by atoms with Crippen molar-refractivity contribution in [3.05, 3.63) is 54.0 Å². The van der Waals surface area contributed by atoms with Crippen LogP contribution in [0.4, 0.5) is 4.39 Å². The molecule has 1 aromatic carbocycles. The molecule has 0 saturated heterocycles. The van der Waals surface area contributed by atoms with Crippen LogP contribution in [-0.2, 0) is 6.61 Å². The molecule has 2 aromatic rings. The van der Waals surface area contributed by atoms with E-state index in [0.717, 1.165) is 11.1 Å². The monoisotopic (exact) mass is 203 g/mol. The highest BCUT2D eigenvalue weighted by atomic mass is 19.1. The molecule has 0 radical (unpaired) electrons. The van der Waals surface area contributed by atoms with Gasteiger partial charge in [0, 0.05) is 17.3 Å². The molecule has 2 rings (SSSR count). The molecule has 1 aromatic heterocycles. The van der Waals surface area contributed by atoms with E-state index in [4.69, 9.17) is 5.11 Å². The summed E-state index contributed by atoms with van der Waals surface area (Å²) in [6, 6.07) is 9.62. The lowest BCUT2D eigenvalue weighted by Gasteiger charge is -2.05. The largest absolute Gasteiger partial charge is 0.392 e. The summed E-state index contributed by atoms with van der Waals surface area (Å²) in [5, 5.41) is 9.12. The average molecular weight is 203 g/mol. The number of benzene rings is 1. The molecular weight excluding hydrogens is 193 g/mol. The highest BCUT2D eigenvalue weighted by Crippen LogP contribution is 2.21. The summed E-state index contributed by atoms with van der Waals surface area (Å²) in [6.07, 6.45) is 1.65. The normalized spacial score (nSPS) is 10.3. The molecule has 15 heavy (non-hydrogen) atoms. The topological polar surface area (TPSA) is 33.1 Å². The third kappa shape index (κ3) is 2.02. The second-order valence-corrected chi connectivity index (χ2v) is 3.18. The van der Waals surface area contributed by atoms with Gasteiger partial charge in [0.1, 0.15) is 5.82 Å². The number of halogens is 1. The molecule has 0 unspecified atom stereocenters. The minimum Gasteiger partial charge on any atom is -0.392 e. The number of rotatable bonds is 2. The maximum absolute atomic E-state index is 12.7. The van der Waals surface area contributed by atoms with E-state index in [2.05, 4.69) is 4.98 Å². The molecule has 76 valence electrons. The van der Waals surface area contributed by atoms with Gasteiger partial charge in [0.15, 0.2) is 0 Å². The van der Waals surface area contributed by atoms with E-state index in [0.29, 0.717) is 5.69 Å². The van der Waals surface area contributed by atoms with E-state index in [1.807, 2.05) is 0 Å². The molecule has 0 spiro atoms. The van der Waals surface area contributed by atoms with E-state index in [1.54, 1.807) is 30.5 Å². The Kier molecular flexibility index (Phi) is 2.74. The van der Waals surface area contributed by atoms with Crippen LogP contribution in [0.2, 0.25) is 0 Å². The minimum atomic E-state index is -0.278. The van der Waals surface area contributed by atoms with Crippen LogP contribution < -0.4 is 0 Å².